The molecule has 0 unspecified atom stereocenters. The number of carbonyl (C=O) groups is 3. The summed E-state index contributed by atoms with van der Waals surface area (Å²) in [5.41, 5.74) is -1.43. The van der Waals surface area contributed by atoms with E-state index in [1.54, 1.807) is 20.8 Å². The minimum absolute atomic E-state index is 0.00608. The van der Waals surface area contributed by atoms with Crippen molar-refractivity contribution in [2.24, 2.45) is 27.9 Å². The molecule has 4 rings (SSSR count). The van der Waals surface area contributed by atoms with Crippen molar-refractivity contribution in [3.8, 4) is 0 Å². The fourth-order valence-electron chi connectivity index (χ4n) is 7.94. The summed E-state index contributed by atoms with van der Waals surface area (Å²) in [4.78, 5) is 52.8. The van der Waals surface area contributed by atoms with Gasteiger partial charge in [-0.3, -0.25) is 14.4 Å². The molecule has 14 nitrogen and oxygen atoms in total. The number of esters is 1. The summed E-state index contributed by atoms with van der Waals surface area (Å²) in [6, 6.07) is 9.43. The molecular weight excluding hydrogens is 722 g/mol. The molecule has 12 atom stereocenters. The van der Waals surface area contributed by atoms with Crippen LogP contribution in [0.4, 0.5) is 0 Å². The number of aliphatic hydroxyl groups excluding tert-OH is 1. The number of nitrogens with zero attached hydrogens (tertiary/aromatic N) is 3. The molecule has 2 bridgehead atoms. The van der Waals surface area contributed by atoms with E-state index >= 15 is 0 Å². The molecule has 3 aliphatic heterocycles. The number of fused-ring (bicyclic) bond motifs is 5. The fourth-order valence-corrected chi connectivity index (χ4v) is 7.94. The quantitative estimate of drug-likeness (QED) is 0.165. The van der Waals surface area contributed by atoms with E-state index in [2.05, 4.69) is 10.1 Å². The maximum absolute atomic E-state index is 14.4. The van der Waals surface area contributed by atoms with Gasteiger partial charge in [-0.15, -0.1) is 0 Å². The van der Waals surface area contributed by atoms with Gasteiger partial charge in [-0.25, -0.2) is 4.99 Å². The predicted octanol–water partition coefficient (Wildman–Crippen LogP) is 4.39. The molecule has 1 amide bonds. The Hall–Kier alpha value is -3.37. The standard InChI is InChI=1S/C42H63N3O11/c1-11-34-42(8,50)35-21-32(43-29(6)46)25(2)22-41(7,52-24-31(23-51-35)44-53-19-15-18-30-16-13-12-14-17-30)38(27(4)36(47)28(5)39(49)55-34)56-40-37(48)33(45(9)10)20-26(3)54-40/h12-18,25-28,33-35,37-38,40,48,50H,11,19-24H2,1-10H3/b18-15+,43-32?,44-31-/t25-,26-,27+,28-,33+,34+,35+,37-,38-,40+,41-,42-/m1/s1. The second kappa shape index (κ2) is 19.9. The Morgan fingerprint density at radius 2 is 1.79 bits per heavy atom. The Balaban J connectivity index is 1.87. The maximum atomic E-state index is 14.4. The largest absolute Gasteiger partial charge is 0.459 e. The zero-order valence-corrected chi connectivity index (χ0v) is 34.7. The van der Waals surface area contributed by atoms with Crippen molar-refractivity contribution in [1.29, 1.82) is 0 Å². The number of likely N-dealkylation sites (N-methyl/N-ethyl adjacent to an activating group) is 1. The molecule has 0 spiro atoms. The molecule has 0 aromatic heterocycles. The van der Waals surface area contributed by atoms with Gasteiger partial charge < -0.3 is 43.6 Å². The van der Waals surface area contributed by atoms with Crippen molar-refractivity contribution >= 4 is 35.2 Å². The van der Waals surface area contributed by atoms with Crippen molar-refractivity contribution in [3.63, 3.8) is 0 Å². The summed E-state index contributed by atoms with van der Waals surface area (Å²) >= 11 is 0. The fraction of sp³-hybridized carbons (Fsp3) is 0.690. The molecule has 56 heavy (non-hydrogen) atoms. The number of ether oxygens (including phenoxy) is 5. The van der Waals surface area contributed by atoms with Crippen molar-refractivity contribution in [3.05, 3.63) is 42.0 Å². The lowest BCUT2D eigenvalue weighted by Crippen LogP contribution is -2.59. The van der Waals surface area contributed by atoms with Gasteiger partial charge >= 0.3 is 5.97 Å². The number of carbonyl (C=O) groups excluding carboxylic acids is 3. The molecule has 3 heterocycles. The van der Waals surface area contributed by atoms with E-state index in [0.717, 1.165) is 5.56 Å². The first-order valence-corrected chi connectivity index (χ1v) is 19.7. The number of aliphatic hydroxyl groups is 2. The van der Waals surface area contributed by atoms with Crippen LogP contribution in [0.1, 0.15) is 86.6 Å². The van der Waals surface area contributed by atoms with Gasteiger partial charge in [-0.1, -0.05) is 62.3 Å². The Kier molecular flexibility index (Phi) is 16.1. The molecule has 312 valence electrons. The van der Waals surface area contributed by atoms with Crippen LogP contribution in [0.2, 0.25) is 0 Å². The smallest absolute Gasteiger partial charge is 0.316 e. The lowest BCUT2D eigenvalue weighted by molar-refractivity contribution is -0.296. The van der Waals surface area contributed by atoms with Gasteiger partial charge in [0.1, 0.15) is 36.0 Å². The lowest BCUT2D eigenvalue weighted by atomic mass is 9.76. The van der Waals surface area contributed by atoms with Crippen LogP contribution in [0.5, 0.6) is 0 Å². The van der Waals surface area contributed by atoms with Crippen LogP contribution in [0.15, 0.2) is 46.6 Å². The van der Waals surface area contributed by atoms with Gasteiger partial charge in [-0.2, -0.15) is 0 Å². The number of aliphatic imine (C=N–C) groups is 1. The van der Waals surface area contributed by atoms with E-state index in [1.165, 1.54) is 20.8 Å². The summed E-state index contributed by atoms with van der Waals surface area (Å²) in [5.74, 6) is -4.49. The van der Waals surface area contributed by atoms with E-state index in [0.29, 0.717) is 17.8 Å². The summed E-state index contributed by atoms with van der Waals surface area (Å²) in [5, 5.41) is 28.2. The third-order valence-corrected chi connectivity index (χ3v) is 11.2. The number of oxime groups is 1. The summed E-state index contributed by atoms with van der Waals surface area (Å²) in [6.45, 7) is 13.1. The SMILES string of the molecule is CC[C@@H]1OC(=O)[C@H](C)C(=O)[C@H](C)[C@@H](O[C@@H]2O[C@H](C)C[C@H](N(C)C)[C@H]2O)[C@@]2(C)C[C@@H](C)C(=NC(C)=O)C[C@H](OC/C(=N/OC/C=C/c3ccccc3)CO2)[C@]1(C)O. The highest BCUT2D eigenvalue weighted by molar-refractivity contribution is 6.00. The third kappa shape index (κ3) is 11.4. The van der Waals surface area contributed by atoms with Crippen molar-refractivity contribution in [2.75, 3.05) is 33.9 Å². The van der Waals surface area contributed by atoms with Crippen LogP contribution in [0.3, 0.4) is 0 Å². The molecule has 3 fully saturated rings. The van der Waals surface area contributed by atoms with Crippen LogP contribution in [-0.2, 0) is 42.9 Å². The van der Waals surface area contributed by atoms with E-state index in [1.807, 2.05) is 75.3 Å². The molecular formula is C42H63N3O11. The molecule has 1 aromatic carbocycles. The number of hydrogen-bond donors (Lipinski definition) is 2. The molecule has 0 aliphatic carbocycles. The van der Waals surface area contributed by atoms with Gasteiger partial charge in [0.15, 0.2) is 12.1 Å². The topological polar surface area (TPSA) is 175 Å². The van der Waals surface area contributed by atoms with Crippen molar-refractivity contribution < 1.29 is 53.1 Å². The molecule has 0 saturated carbocycles. The number of Topliss-reactive ketones (excluding diaryl/α,β-unsaturated/α-hetero) is 1. The van der Waals surface area contributed by atoms with Gasteiger partial charge in [0.05, 0.1) is 37.1 Å². The van der Waals surface area contributed by atoms with Crippen LogP contribution in [0, 0.1) is 17.8 Å². The molecule has 3 saturated heterocycles. The number of hydrogen-bond acceptors (Lipinski definition) is 13. The minimum Gasteiger partial charge on any atom is -0.459 e. The molecule has 1 aromatic rings. The zero-order chi connectivity index (χ0) is 41.4. The second-order valence-corrected chi connectivity index (χ2v) is 16.2. The number of ketones is 1. The van der Waals surface area contributed by atoms with Gasteiger partial charge in [0, 0.05) is 31.0 Å². The van der Waals surface area contributed by atoms with E-state index < -0.39 is 77.3 Å². The highest BCUT2D eigenvalue weighted by atomic mass is 16.7. The zero-order valence-electron chi connectivity index (χ0n) is 34.7. The second-order valence-electron chi connectivity index (χ2n) is 16.2. The highest BCUT2D eigenvalue weighted by Gasteiger charge is 2.51. The van der Waals surface area contributed by atoms with E-state index in [4.69, 9.17) is 28.5 Å². The maximum Gasteiger partial charge on any atom is 0.316 e. The number of cyclic esters (lactones) is 1. The van der Waals surface area contributed by atoms with Crippen molar-refractivity contribution in [2.45, 2.75) is 135 Å². The number of amides is 1. The Morgan fingerprint density at radius 3 is 2.43 bits per heavy atom. The van der Waals surface area contributed by atoms with Crippen LogP contribution < -0.4 is 0 Å². The lowest BCUT2D eigenvalue weighted by Gasteiger charge is -2.47. The average molecular weight is 786 g/mol. The Labute approximate surface area is 331 Å². The summed E-state index contributed by atoms with van der Waals surface area (Å²) < 4.78 is 32.1. The first-order chi connectivity index (χ1) is 26.4. The molecule has 2 N–H and O–H groups in total. The summed E-state index contributed by atoms with van der Waals surface area (Å²) in [7, 11) is 3.74. The monoisotopic (exact) mass is 785 g/mol. The number of benzene rings is 1. The predicted molar refractivity (Wildman–Crippen MR) is 211 cm³/mol. The minimum atomic E-state index is -1.80. The first kappa shape index (κ1) is 45.3. The molecule has 14 heteroatoms. The first-order valence-electron chi connectivity index (χ1n) is 19.7. The van der Waals surface area contributed by atoms with Crippen LogP contribution in [-0.4, -0.2) is 132 Å². The Bertz CT molecular complexity index is 1580. The number of rotatable bonds is 8. The van der Waals surface area contributed by atoms with Crippen molar-refractivity contribution in [1.82, 2.24) is 4.90 Å². The van der Waals surface area contributed by atoms with Gasteiger partial charge in [-0.05, 0) is 78.6 Å². The third-order valence-electron chi connectivity index (χ3n) is 11.2. The summed E-state index contributed by atoms with van der Waals surface area (Å²) in [6.07, 6.45) is -1.17. The van der Waals surface area contributed by atoms with Gasteiger partial charge in [0.2, 0.25) is 5.91 Å². The molecule has 0 radical (unpaired) electrons. The normalized spacial score (nSPS) is 38.2. The van der Waals surface area contributed by atoms with E-state index in [9.17, 15) is 24.6 Å². The Morgan fingerprint density at radius 1 is 1.09 bits per heavy atom. The van der Waals surface area contributed by atoms with E-state index in [-0.39, 0.29) is 51.2 Å². The highest BCUT2D eigenvalue weighted by Crippen LogP contribution is 2.39. The van der Waals surface area contributed by atoms with Gasteiger partial charge in [0.25, 0.3) is 0 Å². The average Bonchev–Trinajstić information content (AvgIpc) is 3.16. The molecule has 3 aliphatic rings. The van der Waals surface area contributed by atoms with Crippen LogP contribution in [0.25, 0.3) is 6.08 Å². The van der Waals surface area contributed by atoms with Crippen LogP contribution >= 0.6 is 0 Å².